The standard InChI is InChI=1S/C28H51N2O6P/c1-2-3-4-5-6-7-8-9-10-11-12-13-14-17-23-35-24-19-25-36-37(33,34)26-18-15-16-22-30-27(31)20-21-29-28(30)32/h15-16,20-21H,2-14,17-19,22-26H2,1H3,(H,29,32)(H,33,34)/b16-15-. The van der Waals surface area contributed by atoms with Crippen molar-refractivity contribution in [2.75, 3.05) is 26.0 Å². The molecule has 0 fully saturated rings. The average Bonchev–Trinajstić information content (AvgIpc) is 2.86. The van der Waals surface area contributed by atoms with Crippen LogP contribution in [0.2, 0.25) is 0 Å². The minimum Gasteiger partial charge on any atom is -0.381 e. The molecule has 1 unspecified atom stereocenters. The summed E-state index contributed by atoms with van der Waals surface area (Å²) in [4.78, 5) is 35.5. The highest BCUT2D eigenvalue weighted by atomic mass is 31.2. The topological polar surface area (TPSA) is 111 Å². The molecule has 2 N–H and O–H groups in total. The van der Waals surface area contributed by atoms with Gasteiger partial charge < -0.3 is 19.1 Å². The van der Waals surface area contributed by atoms with Gasteiger partial charge in [0.15, 0.2) is 0 Å². The van der Waals surface area contributed by atoms with Gasteiger partial charge in [-0.3, -0.25) is 13.9 Å². The zero-order valence-corrected chi connectivity index (χ0v) is 23.9. The number of hydrogen-bond acceptors (Lipinski definition) is 5. The predicted molar refractivity (Wildman–Crippen MR) is 151 cm³/mol. The van der Waals surface area contributed by atoms with E-state index in [0.29, 0.717) is 19.4 Å². The Morgan fingerprint density at radius 1 is 0.838 bits per heavy atom. The van der Waals surface area contributed by atoms with Gasteiger partial charge in [0.25, 0.3) is 5.56 Å². The van der Waals surface area contributed by atoms with Crippen molar-refractivity contribution >= 4 is 7.60 Å². The molecule has 0 saturated carbocycles. The summed E-state index contributed by atoms with van der Waals surface area (Å²) < 4.78 is 23.9. The summed E-state index contributed by atoms with van der Waals surface area (Å²) >= 11 is 0. The van der Waals surface area contributed by atoms with Gasteiger partial charge in [0, 0.05) is 32.0 Å². The Bertz CT molecular complexity index is 838. The van der Waals surface area contributed by atoms with Gasteiger partial charge in [-0.05, 0) is 19.3 Å². The van der Waals surface area contributed by atoms with Crippen molar-refractivity contribution < 1.29 is 18.7 Å². The third-order valence-electron chi connectivity index (χ3n) is 6.35. The molecule has 0 spiro atoms. The number of unbranched alkanes of at least 4 members (excludes halogenated alkanes) is 13. The van der Waals surface area contributed by atoms with Crippen LogP contribution in [-0.2, 0) is 20.4 Å². The highest BCUT2D eigenvalue weighted by Crippen LogP contribution is 2.42. The number of aromatic nitrogens is 2. The zero-order valence-electron chi connectivity index (χ0n) is 23.0. The highest BCUT2D eigenvalue weighted by molar-refractivity contribution is 7.52. The summed E-state index contributed by atoms with van der Waals surface area (Å²) in [6, 6.07) is 1.27. The lowest BCUT2D eigenvalue weighted by atomic mass is 10.0. The molecule has 0 bridgehead atoms. The fourth-order valence-corrected chi connectivity index (χ4v) is 5.11. The molecule has 9 heteroatoms. The van der Waals surface area contributed by atoms with E-state index < -0.39 is 18.8 Å². The van der Waals surface area contributed by atoms with E-state index in [1.807, 2.05) is 0 Å². The van der Waals surface area contributed by atoms with Gasteiger partial charge in [-0.2, -0.15) is 0 Å². The maximum Gasteiger partial charge on any atom is 0.328 e. The molecule has 1 aromatic heterocycles. The van der Waals surface area contributed by atoms with Crippen LogP contribution in [0.4, 0.5) is 0 Å². The van der Waals surface area contributed by atoms with Crippen LogP contribution < -0.4 is 11.2 Å². The minimum atomic E-state index is -3.66. The maximum atomic E-state index is 12.1. The third kappa shape index (κ3) is 19.3. The van der Waals surface area contributed by atoms with Crippen molar-refractivity contribution in [1.82, 2.24) is 9.55 Å². The third-order valence-corrected chi connectivity index (χ3v) is 7.75. The molecule has 37 heavy (non-hydrogen) atoms. The average molecular weight is 543 g/mol. The van der Waals surface area contributed by atoms with E-state index in [-0.39, 0.29) is 19.3 Å². The summed E-state index contributed by atoms with van der Waals surface area (Å²) in [7, 11) is -3.66. The van der Waals surface area contributed by atoms with Gasteiger partial charge in [0.05, 0.1) is 12.8 Å². The summed E-state index contributed by atoms with van der Waals surface area (Å²) in [5.74, 6) is 0. The molecule has 1 rings (SSSR count). The Balaban J connectivity index is 1.88. The first-order valence-electron chi connectivity index (χ1n) is 14.4. The number of H-pyrrole nitrogens is 1. The number of ether oxygens (including phenoxy) is 1. The zero-order chi connectivity index (χ0) is 27.0. The molecule has 0 aliphatic carbocycles. The molecule has 0 aliphatic heterocycles. The number of hydrogen-bond donors (Lipinski definition) is 2. The molecule has 0 saturated heterocycles. The van der Waals surface area contributed by atoms with Crippen LogP contribution in [0.1, 0.15) is 110 Å². The number of nitrogens with zero attached hydrogens (tertiary/aromatic N) is 1. The fraction of sp³-hybridized carbons (Fsp3) is 0.786. The van der Waals surface area contributed by atoms with E-state index in [1.165, 1.54) is 95.7 Å². The van der Waals surface area contributed by atoms with E-state index >= 15 is 0 Å². The summed E-state index contributed by atoms with van der Waals surface area (Å²) in [6.45, 7) is 3.82. The summed E-state index contributed by atoms with van der Waals surface area (Å²) in [6.07, 6.45) is 24.2. The molecular weight excluding hydrogens is 491 g/mol. The van der Waals surface area contributed by atoms with Crippen LogP contribution in [-0.4, -0.2) is 40.4 Å². The number of aromatic amines is 1. The fourth-order valence-electron chi connectivity index (χ4n) is 4.09. The van der Waals surface area contributed by atoms with Crippen LogP contribution in [0.25, 0.3) is 0 Å². The Hall–Kier alpha value is -1.47. The van der Waals surface area contributed by atoms with Gasteiger partial charge in [-0.15, -0.1) is 0 Å². The van der Waals surface area contributed by atoms with Gasteiger partial charge in [0.1, 0.15) is 0 Å². The lowest BCUT2D eigenvalue weighted by Gasteiger charge is -2.11. The molecule has 214 valence electrons. The lowest BCUT2D eigenvalue weighted by molar-refractivity contribution is 0.113. The molecule has 1 heterocycles. The maximum absolute atomic E-state index is 12.1. The molecule has 1 atom stereocenters. The molecule has 0 amide bonds. The van der Waals surface area contributed by atoms with Crippen LogP contribution in [0, 0.1) is 0 Å². The van der Waals surface area contributed by atoms with Crippen molar-refractivity contribution in [2.45, 2.75) is 116 Å². The van der Waals surface area contributed by atoms with Gasteiger partial charge in [-0.25, -0.2) is 4.79 Å². The molecular formula is C28H51N2O6P. The van der Waals surface area contributed by atoms with Crippen LogP contribution in [0.3, 0.4) is 0 Å². The van der Waals surface area contributed by atoms with E-state index in [2.05, 4.69) is 11.9 Å². The first kappa shape index (κ1) is 33.6. The Labute approximate surface area is 223 Å². The monoisotopic (exact) mass is 542 g/mol. The predicted octanol–water partition coefficient (Wildman–Crippen LogP) is 6.57. The van der Waals surface area contributed by atoms with Crippen molar-refractivity contribution in [1.29, 1.82) is 0 Å². The van der Waals surface area contributed by atoms with E-state index in [4.69, 9.17) is 9.26 Å². The van der Waals surface area contributed by atoms with E-state index in [0.717, 1.165) is 17.6 Å². The second-order valence-corrected chi connectivity index (χ2v) is 11.7. The number of allylic oxidation sites excluding steroid dienone is 2. The molecule has 0 aromatic carbocycles. The van der Waals surface area contributed by atoms with Gasteiger partial charge >= 0.3 is 13.3 Å². The van der Waals surface area contributed by atoms with E-state index in [9.17, 15) is 19.0 Å². The Morgan fingerprint density at radius 3 is 2.00 bits per heavy atom. The van der Waals surface area contributed by atoms with Crippen molar-refractivity contribution in [2.24, 2.45) is 0 Å². The second kappa shape index (κ2) is 22.5. The van der Waals surface area contributed by atoms with Gasteiger partial charge in [0.2, 0.25) is 0 Å². The van der Waals surface area contributed by atoms with Crippen molar-refractivity contribution in [3.8, 4) is 0 Å². The molecule has 8 nitrogen and oxygen atoms in total. The smallest absolute Gasteiger partial charge is 0.328 e. The molecule has 0 aliphatic rings. The Kier molecular flexibility index (Phi) is 20.4. The van der Waals surface area contributed by atoms with Gasteiger partial charge in [-0.1, -0.05) is 103 Å². The number of nitrogens with one attached hydrogen (secondary N) is 1. The Morgan fingerprint density at radius 2 is 1.41 bits per heavy atom. The van der Waals surface area contributed by atoms with Crippen molar-refractivity contribution in [3.63, 3.8) is 0 Å². The number of rotatable bonds is 25. The van der Waals surface area contributed by atoms with Crippen LogP contribution in [0.15, 0.2) is 34.0 Å². The molecule has 0 radical (unpaired) electrons. The minimum absolute atomic E-state index is 0.0105. The quantitative estimate of drug-likeness (QED) is 0.0821. The summed E-state index contributed by atoms with van der Waals surface area (Å²) in [5, 5.41) is 0. The summed E-state index contributed by atoms with van der Waals surface area (Å²) in [5.41, 5.74) is -0.879. The highest BCUT2D eigenvalue weighted by Gasteiger charge is 2.17. The van der Waals surface area contributed by atoms with Crippen LogP contribution >= 0.6 is 7.60 Å². The normalized spacial score (nSPS) is 13.4. The van der Waals surface area contributed by atoms with Crippen LogP contribution in [0.5, 0.6) is 0 Å². The largest absolute Gasteiger partial charge is 0.381 e. The first-order valence-corrected chi connectivity index (χ1v) is 16.2. The molecule has 1 aromatic rings. The SMILES string of the molecule is CCCCCCCCCCCCCCCCOCCCOP(=O)(O)CC/C=C\Cn1c(=O)cc[nH]c1=O. The van der Waals surface area contributed by atoms with Crippen molar-refractivity contribution in [3.05, 3.63) is 45.3 Å². The van der Waals surface area contributed by atoms with E-state index in [1.54, 1.807) is 12.2 Å². The second-order valence-electron chi connectivity index (χ2n) is 9.75. The lowest BCUT2D eigenvalue weighted by Crippen LogP contribution is -2.33. The first-order chi connectivity index (χ1) is 18.0.